The van der Waals surface area contributed by atoms with Gasteiger partial charge in [-0.3, -0.25) is 4.79 Å². The molecule has 2 aromatic carbocycles. The topological polar surface area (TPSA) is 29.1 Å². The Hall–Kier alpha value is -1.58. The van der Waals surface area contributed by atoms with Crippen LogP contribution in [0.5, 0.6) is 0 Å². The van der Waals surface area contributed by atoms with Crippen molar-refractivity contribution in [1.82, 2.24) is 0 Å². The van der Waals surface area contributed by atoms with Crippen molar-refractivity contribution in [1.29, 1.82) is 0 Å². The standard InChI is InChI=1S/C14H10Cl2FNO/c1-8-2-4-10(7-12(8)15)18-14(19)11-5-3-9(17)6-13(11)16/h2-7H,1H3,(H,18,19). The molecule has 0 aromatic heterocycles. The molecular weight excluding hydrogens is 288 g/mol. The number of hydrogen-bond donors (Lipinski definition) is 1. The first-order chi connectivity index (χ1) is 8.97. The third-order valence-corrected chi connectivity index (χ3v) is 3.33. The van der Waals surface area contributed by atoms with Crippen molar-refractivity contribution in [3.05, 3.63) is 63.4 Å². The van der Waals surface area contributed by atoms with Crippen LogP contribution in [0.4, 0.5) is 10.1 Å². The van der Waals surface area contributed by atoms with E-state index in [0.717, 1.165) is 11.6 Å². The highest BCUT2D eigenvalue weighted by atomic mass is 35.5. The van der Waals surface area contributed by atoms with Crippen molar-refractivity contribution >= 4 is 34.8 Å². The van der Waals surface area contributed by atoms with E-state index in [9.17, 15) is 9.18 Å². The largest absolute Gasteiger partial charge is 0.322 e. The predicted molar refractivity (Wildman–Crippen MR) is 75.6 cm³/mol. The lowest BCUT2D eigenvalue weighted by Gasteiger charge is -2.08. The summed E-state index contributed by atoms with van der Waals surface area (Å²) in [6.45, 7) is 1.87. The number of nitrogens with one attached hydrogen (secondary N) is 1. The van der Waals surface area contributed by atoms with Gasteiger partial charge in [0.1, 0.15) is 5.82 Å². The molecule has 0 heterocycles. The van der Waals surface area contributed by atoms with E-state index in [2.05, 4.69) is 5.32 Å². The highest BCUT2D eigenvalue weighted by Gasteiger charge is 2.11. The van der Waals surface area contributed by atoms with Crippen molar-refractivity contribution in [2.45, 2.75) is 6.92 Å². The minimum atomic E-state index is -0.486. The fraction of sp³-hybridized carbons (Fsp3) is 0.0714. The van der Waals surface area contributed by atoms with Crippen molar-refractivity contribution < 1.29 is 9.18 Å². The number of hydrogen-bond acceptors (Lipinski definition) is 1. The van der Waals surface area contributed by atoms with E-state index in [4.69, 9.17) is 23.2 Å². The van der Waals surface area contributed by atoms with E-state index >= 15 is 0 Å². The quantitative estimate of drug-likeness (QED) is 0.856. The molecule has 19 heavy (non-hydrogen) atoms. The minimum absolute atomic E-state index is 0.0655. The fourth-order valence-corrected chi connectivity index (χ4v) is 1.98. The molecule has 0 unspecified atom stereocenters. The van der Waals surface area contributed by atoms with E-state index in [0.29, 0.717) is 10.7 Å². The number of benzene rings is 2. The van der Waals surface area contributed by atoms with Crippen LogP contribution in [0.1, 0.15) is 15.9 Å². The second-order valence-electron chi connectivity index (χ2n) is 4.04. The van der Waals surface area contributed by atoms with Crippen LogP contribution in [0.15, 0.2) is 36.4 Å². The summed E-state index contributed by atoms with van der Waals surface area (Å²) < 4.78 is 12.9. The molecule has 0 saturated carbocycles. The zero-order valence-corrected chi connectivity index (χ0v) is 11.5. The zero-order valence-electron chi connectivity index (χ0n) is 10.0. The summed E-state index contributed by atoms with van der Waals surface area (Å²) in [4.78, 5) is 12.0. The first-order valence-corrected chi connectivity index (χ1v) is 6.25. The minimum Gasteiger partial charge on any atom is -0.322 e. The van der Waals surface area contributed by atoms with Crippen LogP contribution in [-0.2, 0) is 0 Å². The lowest BCUT2D eigenvalue weighted by atomic mass is 10.2. The van der Waals surface area contributed by atoms with E-state index < -0.39 is 11.7 Å². The SMILES string of the molecule is Cc1ccc(NC(=O)c2ccc(F)cc2Cl)cc1Cl. The number of aryl methyl sites for hydroxylation is 1. The summed E-state index contributed by atoms with van der Waals surface area (Å²) in [6, 6.07) is 8.79. The number of anilines is 1. The Morgan fingerprint density at radius 2 is 1.84 bits per heavy atom. The lowest BCUT2D eigenvalue weighted by molar-refractivity contribution is 0.102. The molecular formula is C14H10Cl2FNO. The molecule has 0 radical (unpaired) electrons. The molecule has 1 N–H and O–H groups in total. The molecule has 2 nitrogen and oxygen atoms in total. The van der Waals surface area contributed by atoms with Gasteiger partial charge in [0.15, 0.2) is 0 Å². The van der Waals surface area contributed by atoms with Crippen molar-refractivity contribution in [3.8, 4) is 0 Å². The van der Waals surface area contributed by atoms with Gasteiger partial charge in [-0.2, -0.15) is 0 Å². The van der Waals surface area contributed by atoms with Crippen LogP contribution >= 0.6 is 23.2 Å². The van der Waals surface area contributed by atoms with Gasteiger partial charge in [-0.1, -0.05) is 29.3 Å². The maximum absolute atomic E-state index is 12.9. The molecule has 0 bridgehead atoms. The van der Waals surface area contributed by atoms with Crippen LogP contribution in [0, 0.1) is 12.7 Å². The van der Waals surface area contributed by atoms with Crippen molar-refractivity contribution in [3.63, 3.8) is 0 Å². The third-order valence-electron chi connectivity index (χ3n) is 2.61. The fourth-order valence-electron chi connectivity index (χ4n) is 1.54. The Labute approximate surface area is 120 Å². The first-order valence-electron chi connectivity index (χ1n) is 5.50. The van der Waals surface area contributed by atoms with Crippen LogP contribution in [0.3, 0.4) is 0 Å². The number of rotatable bonds is 2. The van der Waals surface area contributed by atoms with Gasteiger partial charge in [0.25, 0.3) is 5.91 Å². The van der Waals surface area contributed by atoms with Gasteiger partial charge in [0.05, 0.1) is 10.6 Å². The molecule has 0 saturated heterocycles. The molecule has 2 rings (SSSR count). The Morgan fingerprint density at radius 1 is 1.11 bits per heavy atom. The number of carbonyl (C=O) groups excluding carboxylic acids is 1. The highest BCUT2D eigenvalue weighted by Crippen LogP contribution is 2.22. The molecule has 0 aliphatic heterocycles. The Balaban J connectivity index is 2.23. The van der Waals surface area contributed by atoms with Gasteiger partial charge in [-0.25, -0.2) is 4.39 Å². The van der Waals surface area contributed by atoms with E-state index in [1.54, 1.807) is 18.2 Å². The molecule has 0 fully saturated rings. The van der Waals surface area contributed by atoms with E-state index in [-0.39, 0.29) is 10.6 Å². The lowest BCUT2D eigenvalue weighted by Crippen LogP contribution is -2.12. The third kappa shape index (κ3) is 3.25. The highest BCUT2D eigenvalue weighted by molar-refractivity contribution is 6.34. The van der Waals surface area contributed by atoms with E-state index in [1.807, 2.05) is 6.92 Å². The summed E-state index contributed by atoms with van der Waals surface area (Å²) in [7, 11) is 0. The van der Waals surface area contributed by atoms with Crippen molar-refractivity contribution in [2.24, 2.45) is 0 Å². The Kier molecular flexibility index (Phi) is 4.08. The first kappa shape index (κ1) is 13.8. The summed E-state index contributed by atoms with van der Waals surface area (Å²) in [5.41, 5.74) is 1.68. The maximum Gasteiger partial charge on any atom is 0.257 e. The number of halogens is 3. The Bertz CT molecular complexity index is 643. The molecule has 5 heteroatoms. The number of amides is 1. The summed E-state index contributed by atoms with van der Waals surface area (Å²) >= 11 is 11.8. The molecule has 1 amide bonds. The smallest absolute Gasteiger partial charge is 0.257 e. The van der Waals surface area contributed by atoms with E-state index in [1.165, 1.54) is 12.1 Å². The zero-order chi connectivity index (χ0) is 14.0. The van der Waals surface area contributed by atoms with Crippen LogP contribution in [-0.4, -0.2) is 5.91 Å². The monoisotopic (exact) mass is 297 g/mol. The van der Waals surface area contributed by atoms with Gasteiger partial charge in [0.2, 0.25) is 0 Å². The normalized spacial score (nSPS) is 10.3. The van der Waals surface area contributed by atoms with Gasteiger partial charge in [0, 0.05) is 10.7 Å². The average Bonchev–Trinajstić information content (AvgIpc) is 2.33. The summed E-state index contributed by atoms with van der Waals surface area (Å²) in [6.07, 6.45) is 0. The van der Waals surface area contributed by atoms with Crippen molar-refractivity contribution in [2.75, 3.05) is 5.32 Å². The van der Waals surface area contributed by atoms with Gasteiger partial charge in [-0.15, -0.1) is 0 Å². The predicted octanol–water partition coefficient (Wildman–Crippen LogP) is 4.69. The molecule has 2 aromatic rings. The molecule has 0 aliphatic rings. The second kappa shape index (κ2) is 5.59. The summed E-state index contributed by atoms with van der Waals surface area (Å²) in [5.74, 6) is -0.898. The van der Waals surface area contributed by atoms with Gasteiger partial charge < -0.3 is 5.32 Å². The van der Waals surface area contributed by atoms with Crippen LogP contribution in [0.2, 0.25) is 10.0 Å². The molecule has 0 aliphatic carbocycles. The molecule has 98 valence electrons. The molecule has 0 atom stereocenters. The molecule has 0 spiro atoms. The van der Waals surface area contributed by atoms with Crippen LogP contribution in [0.25, 0.3) is 0 Å². The number of carbonyl (C=O) groups is 1. The Morgan fingerprint density at radius 3 is 2.47 bits per heavy atom. The van der Waals surface area contributed by atoms with Gasteiger partial charge >= 0.3 is 0 Å². The maximum atomic E-state index is 12.9. The van der Waals surface area contributed by atoms with Crippen LogP contribution < -0.4 is 5.32 Å². The average molecular weight is 298 g/mol. The second-order valence-corrected chi connectivity index (χ2v) is 4.86. The summed E-state index contributed by atoms with van der Waals surface area (Å²) in [5, 5.41) is 3.28. The van der Waals surface area contributed by atoms with Gasteiger partial charge in [-0.05, 0) is 42.8 Å².